The second kappa shape index (κ2) is 5.96. The van der Waals surface area contributed by atoms with Crippen molar-refractivity contribution >= 4 is 33.8 Å². The molecule has 2 amide bonds. The number of hydrogen-bond acceptors (Lipinski definition) is 5. The summed E-state index contributed by atoms with van der Waals surface area (Å²) in [5.41, 5.74) is 11.6. The normalized spacial score (nSPS) is 14.4. The number of carbonyl (C=O) groups is 2. The van der Waals surface area contributed by atoms with Crippen molar-refractivity contribution in [2.24, 2.45) is 5.73 Å². The van der Waals surface area contributed by atoms with Crippen LogP contribution in [-0.2, 0) is 0 Å². The Morgan fingerprint density at radius 2 is 2.15 bits per heavy atom. The van der Waals surface area contributed by atoms with Crippen LogP contribution in [-0.4, -0.2) is 24.4 Å². The van der Waals surface area contributed by atoms with E-state index in [1.807, 2.05) is 0 Å². The van der Waals surface area contributed by atoms with E-state index in [-0.39, 0.29) is 17.2 Å². The van der Waals surface area contributed by atoms with Gasteiger partial charge in [-0.25, -0.2) is 0 Å². The highest BCUT2D eigenvalue weighted by molar-refractivity contribution is 7.19. The second-order valence-corrected chi connectivity index (χ2v) is 5.70. The van der Waals surface area contributed by atoms with Crippen molar-refractivity contribution in [2.45, 2.75) is 25.3 Å². The molecule has 0 spiro atoms. The van der Waals surface area contributed by atoms with E-state index in [0.29, 0.717) is 22.5 Å². The molecule has 1 aromatic rings. The summed E-state index contributed by atoms with van der Waals surface area (Å²) in [6.45, 7) is 3.87. The zero-order valence-electron chi connectivity index (χ0n) is 11.1. The Balaban J connectivity index is 2.28. The number of nitrogens with one attached hydrogen (secondary N) is 2. The van der Waals surface area contributed by atoms with Crippen LogP contribution in [0.4, 0.5) is 10.7 Å². The molecule has 20 heavy (non-hydrogen) atoms. The quantitative estimate of drug-likeness (QED) is 0.593. The molecule has 1 aromatic heterocycles. The zero-order valence-corrected chi connectivity index (χ0v) is 11.9. The van der Waals surface area contributed by atoms with E-state index < -0.39 is 5.91 Å². The highest BCUT2D eigenvalue weighted by Crippen LogP contribution is 2.37. The molecule has 0 radical (unpaired) electrons. The van der Waals surface area contributed by atoms with E-state index in [1.165, 1.54) is 11.3 Å². The molecule has 0 unspecified atom stereocenters. The summed E-state index contributed by atoms with van der Waals surface area (Å²) in [4.78, 5) is 23.8. The molecular formula is C13H18N4O2S. The first-order valence-corrected chi connectivity index (χ1v) is 7.24. The summed E-state index contributed by atoms with van der Waals surface area (Å²) >= 11 is 1.17. The fourth-order valence-electron chi connectivity index (χ4n) is 1.94. The third-order valence-corrected chi connectivity index (χ3v) is 4.38. The van der Waals surface area contributed by atoms with E-state index in [9.17, 15) is 9.59 Å². The van der Waals surface area contributed by atoms with Crippen LogP contribution in [0.2, 0.25) is 0 Å². The van der Waals surface area contributed by atoms with Crippen molar-refractivity contribution < 1.29 is 9.59 Å². The molecule has 6 nitrogen and oxygen atoms in total. The van der Waals surface area contributed by atoms with Gasteiger partial charge in [-0.05, 0) is 19.3 Å². The molecule has 2 rings (SSSR count). The van der Waals surface area contributed by atoms with E-state index >= 15 is 0 Å². The SMILES string of the molecule is C=CCNC(=O)c1sc(NC2CCC2)c(C(N)=O)c1N. The van der Waals surface area contributed by atoms with Crippen LogP contribution in [0.1, 0.15) is 39.3 Å². The first-order chi connectivity index (χ1) is 9.54. The second-order valence-electron chi connectivity index (χ2n) is 4.68. The minimum absolute atomic E-state index is 0.144. The molecule has 0 saturated heterocycles. The lowest BCUT2D eigenvalue weighted by atomic mass is 9.93. The maximum Gasteiger partial charge on any atom is 0.263 e. The number of nitrogen functional groups attached to an aromatic ring is 1. The van der Waals surface area contributed by atoms with Crippen molar-refractivity contribution in [1.29, 1.82) is 0 Å². The minimum Gasteiger partial charge on any atom is -0.397 e. The fourth-order valence-corrected chi connectivity index (χ4v) is 3.06. The molecule has 7 heteroatoms. The van der Waals surface area contributed by atoms with Gasteiger partial charge in [-0.3, -0.25) is 9.59 Å². The first kappa shape index (κ1) is 14.4. The Hall–Kier alpha value is -2.02. The molecule has 0 atom stereocenters. The molecule has 108 valence electrons. The molecule has 0 aliphatic heterocycles. The van der Waals surface area contributed by atoms with Gasteiger partial charge in [-0.1, -0.05) is 6.08 Å². The molecule has 1 saturated carbocycles. The maximum absolute atomic E-state index is 12.0. The van der Waals surface area contributed by atoms with Gasteiger partial charge < -0.3 is 22.1 Å². The number of thiophene rings is 1. The van der Waals surface area contributed by atoms with Crippen LogP contribution in [0.25, 0.3) is 0 Å². The van der Waals surface area contributed by atoms with Gasteiger partial charge >= 0.3 is 0 Å². The van der Waals surface area contributed by atoms with Crippen LogP contribution < -0.4 is 22.1 Å². The van der Waals surface area contributed by atoms with Crippen molar-refractivity contribution in [2.75, 3.05) is 17.6 Å². The third-order valence-electron chi connectivity index (χ3n) is 3.25. The van der Waals surface area contributed by atoms with Crippen LogP contribution in [0.3, 0.4) is 0 Å². The van der Waals surface area contributed by atoms with Gasteiger partial charge in [0.1, 0.15) is 9.88 Å². The lowest BCUT2D eigenvalue weighted by Crippen LogP contribution is -2.27. The average molecular weight is 294 g/mol. The molecule has 0 aromatic carbocycles. The third kappa shape index (κ3) is 2.77. The Morgan fingerprint density at radius 3 is 2.65 bits per heavy atom. The van der Waals surface area contributed by atoms with Crippen molar-refractivity contribution in [3.05, 3.63) is 23.1 Å². The number of nitrogens with two attached hydrogens (primary N) is 2. The number of amides is 2. The lowest BCUT2D eigenvalue weighted by Gasteiger charge is -2.27. The topological polar surface area (TPSA) is 110 Å². The van der Waals surface area contributed by atoms with Crippen molar-refractivity contribution in [3.63, 3.8) is 0 Å². The van der Waals surface area contributed by atoms with Gasteiger partial charge in [0.15, 0.2) is 0 Å². The smallest absolute Gasteiger partial charge is 0.263 e. The first-order valence-electron chi connectivity index (χ1n) is 6.42. The standard InChI is InChI=1S/C13H18N4O2S/c1-2-6-16-12(19)10-9(14)8(11(15)18)13(20-10)17-7-4-3-5-7/h2,7,17H,1,3-6,14H2,(H2,15,18)(H,16,19). The Bertz CT molecular complexity index is 549. The van der Waals surface area contributed by atoms with Crippen LogP contribution in [0.5, 0.6) is 0 Å². The summed E-state index contributed by atoms with van der Waals surface area (Å²) < 4.78 is 0. The van der Waals surface area contributed by atoms with Gasteiger partial charge in [-0.15, -0.1) is 17.9 Å². The summed E-state index contributed by atoms with van der Waals surface area (Å²) in [6, 6.07) is 0.329. The highest BCUT2D eigenvalue weighted by Gasteiger charge is 2.26. The fraction of sp³-hybridized carbons (Fsp3) is 0.385. The Kier molecular flexibility index (Phi) is 4.29. The number of rotatable bonds is 6. The van der Waals surface area contributed by atoms with E-state index in [1.54, 1.807) is 6.08 Å². The molecule has 1 heterocycles. The Labute approximate surface area is 121 Å². The number of anilines is 2. The van der Waals surface area contributed by atoms with Crippen molar-refractivity contribution in [1.82, 2.24) is 5.32 Å². The van der Waals surface area contributed by atoms with Crippen molar-refractivity contribution in [3.8, 4) is 0 Å². The molecule has 1 aliphatic rings. The molecule has 1 aliphatic carbocycles. The predicted molar refractivity (Wildman–Crippen MR) is 81.0 cm³/mol. The average Bonchev–Trinajstić information content (AvgIpc) is 2.68. The maximum atomic E-state index is 12.0. The van der Waals surface area contributed by atoms with Gasteiger partial charge in [0.25, 0.3) is 11.8 Å². The predicted octanol–water partition coefficient (Wildman–Crippen LogP) is 1.31. The van der Waals surface area contributed by atoms with E-state index in [4.69, 9.17) is 11.5 Å². The van der Waals surface area contributed by atoms with Gasteiger partial charge in [-0.2, -0.15) is 0 Å². The monoisotopic (exact) mass is 294 g/mol. The highest BCUT2D eigenvalue weighted by atomic mass is 32.1. The van der Waals surface area contributed by atoms with E-state index in [2.05, 4.69) is 17.2 Å². The van der Waals surface area contributed by atoms with Gasteiger partial charge in [0, 0.05) is 12.6 Å². The summed E-state index contributed by atoms with van der Waals surface area (Å²) in [7, 11) is 0. The van der Waals surface area contributed by atoms with Gasteiger partial charge in [0.2, 0.25) is 0 Å². The molecule has 6 N–H and O–H groups in total. The minimum atomic E-state index is -0.622. The largest absolute Gasteiger partial charge is 0.397 e. The van der Waals surface area contributed by atoms with Crippen LogP contribution in [0, 0.1) is 0 Å². The van der Waals surface area contributed by atoms with Crippen LogP contribution in [0.15, 0.2) is 12.7 Å². The number of carbonyl (C=O) groups excluding carboxylic acids is 2. The number of hydrogen-bond donors (Lipinski definition) is 4. The van der Waals surface area contributed by atoms with Crippen LogP contribution >= 0.6 is 11.3 Å². The molecule has 0 bridgehead atoms. The van der Waals surface area contributed by atoms with E-state index in [0.717, 1.165) is 19.3 Å². The Morgan fingerprint density at radius 1 is 1.45 bits per heavy atom. The summed E-state index contributed by atoms with van der Waals surface area (Å²) in [5, 5.41) is 6.47. The summed E-state index contributed by atoms with van der Waals surface area (Å²) in [5.74, 6) is -0.945. The lowest BCUT2D eigenvalue weighted by molar-refractivity contribution is 0.0962. The molecule has 1 fully saturated rings. The molecular weight excluding hydrogens is 276 g/mol. The zero-order chi connectivity index (χ0) is 14.7. The summed E-state index contributed by atoms with van der Waals surface area (Å²) in [6.07, 6.45) is 4.84. The van der Waals surface area contributed by atoms with Gasteiger partial charge in [0.05, 0.1) is 11.3 Å². The number of primary amides is 1.